The number of benzene rings is 2. The van der Waals surface area contributed by atoms with Crippen molar-refractivity contribution in [2.45, 2.75) is 26.2 Å². The van der Waals surface area contributed by atoms with E-state index in [0.29, 0.717) is 27.7 Å². The summed E-state index contributed by atoms with van der Waals surface area (Å²) >= 11 is 6.12. The van der Waals surface area contributed by atoms with E-state index >= 15 is 0 Å². The number of rotatable bonds is 5. The summed E-state index contributed by atoms with van der Waals surface area (Å²) in [6.45, 7) is 3.53. The van der Waals surface area contributed by atoms with Gasteiger partial charge in [0.15, 0.2) is 0 Å². The fourth-order valence-corrected chi connectivity index (χ4v) is 4.48. The quantitative estimate of drug-likeness (QED) is 0.742. The van der Waals surface area contributed by atoms with Gasteiger partial charge in [-0.1, -0.05) is 23.7 Å². The summed E-state index contributed by atoms with van der Waals surface area (Å²) in [5.41, 5.74) is 2.35. The number of carbonyl (C=O) groups excluding carboxylic acids is 3. The lowest BCUT2D eigenvalue weighted by molar-refractivity contribution is -0.122. The number of hydrogen-bond donors (Lipinski definition) is 1. The van der Waals surface area contributed by atoms with Crippen LogP contribution in [0, 0.1) is 12.8 Å². The van der Waals surface area contributed by atoms with E-state index in [2.05, 4.69) is 5.32 Å². The van der Waals surface area contributed by atoms with E-state index in [4.69, 9.17) is 16.3 Å². The number of methoxy groups -OCH3 is 1. The smallest absolute Gasteiger partial charge is 0.255 e. The average molecular weight is 456 g/mol. The molecule has 0 saturated carbocycles. The maximum Gasteiger partial charge on any atom is 0.255 e. The molecule has 2 aromatic rings. The lowest BCUT2D eigenvalue weighted by Gasteiger charge is -2.21. The van der Waals surface area contributed by atoms with E-state index in [-0.39, 0.29) is 30.7 Å². The van der Waals surface area contributed by atoms with Crippen molar-refractivity contribution in [2.75, 3.05) is 37.0 Å². The minimum absolute atomic E-state index is 0.0722. The van der Waals surface area contributed by atoms with E-state index in [1.54, 1.807) is 24.3 Å². The molecule has 0 spiro atoms. The number of amides is 3. The summed E-state index contributed by atoms with van der Waals surface area (Å²) in [6.07, 6.45) is 2.06. The molecule has 0 aliphatic carbocycles. The number of nitrogens with one attached hydrogen (secondary N) is 1. The Bertz CT molecular complexity index is 1070. The third kappa shape index (κ3) is 4.30. The SMILES string of the molecule is COc1ccc(Cl)cc1N1CC(C(=O)Nc2c(C)cccc2C(=O)N2CCCC2)CC1=O. The van der Waals surface area contributed by atoms with Gasteiger partial charge in [0.05, 0.1) is 30.0 Å². The zero-order chi connectivity index (χ0) is 22.8. The minimum Gasteiger partial charge on any atom is -0.495 e. The second kappa shape index (κ2) is 9.20. The molecule has 2 aliphatic rings. The molecule has 2 fully saturated rings. The predicted octanol–water partition coefficient (Wildman–Crippen LogP) is 3.88. The van der Waals surface area contributed by atoms with Crippen LogP contribution in [0.3, 0.4) is 0 Å². The number of carbonyl (C=O) groups is 3. The molecule has 4 rings (SSSR count). The highest BCUT2D eigenvalue weighted by atomic mass is 35.5. The largest absolute Gasteiger partial charge is 0.495 e. The van der Waals surface area contributed by atoms with Gasteiger partial charge in [0.2, 0.25) is 11.8 Å². The summed E-state index contributed by atoms with van der Waals surface area (Å²) in [6, 6.07) is 10.5. The fourth-order valence-electron chi connectivity index (χ4n) is 4.32. The van der Waals surface area contributed by atoms with Crippen molar-refractivity contribution in [1.29, 1.82) is 0 Å². The highest BCUT2D eigenvalue weighted by molar-refractivity contribution is 6.31. The van der Waals surface area contributed by atoms with Gasteiger partial charge in [-0.25, -0.2) is 0 Å². The van der Waals surface area contributed by atoms with Crippen molar-refractivity contribution in [3.63, 3.8) is 0 Å². The molecule has 2 heterocycles. The van der Waals surface area contributed by atoms with Gasteiger partial charge in [0.25, 0.3) is 5.91 Å². The molecule has 32 heavy (non-hydrogen) atoms. The highest BCUT2D eigenvalue weighted by Gasteiger charge is 2.37. The van der Waals surface area contributed by atoms with Gasteiger partial charge >= 0.3 is 0 Å². The van der Waals surface area contributed by atoms with Gasteiger partial charge in [0.1, 0.15) is 5.75 Å². The summed E-state index contributed by atoms with van der Waals surface area (Å²) in [5.74, 6) is -0.577. The summed E-state index contributed by atoms with van der Waals surface area (Å²) < 4.78 is 5.36. The van der Waals surface area contributed by atoms with Crippen molar-refractivity contribution in [2.24, 2.45) is 5.92 Å². The van der Waals surface area contributed by atoms with Crippen LogP contribution in [0.5, 0.6) is 5.75 Å². The van der Waals surface area contributed by atoms with E-state index in [1.165, 1.54) is 12.0 Å². The maximum absolute atomic E-state index is 13.1. The molecule has 0 bridgehead atoms. The Morgan fingerprint density at radius 3 is 2.62 bits per heavy atom. The first-order valence-corrected chi connectivity index (χ1v) is 11.1. The van der Waals surface area contributed by atoms with Crippen LogP contribution in [0.4, 0.5) is 11.4 Å². The molecule has 2 aliphatic heterocycles. The van der Waals surface area contributed by atoms with Crippen LogP contribution in [-0.2, 0) is 9.59 Å². The number of ether oxygens (including phenoxy) is 1. The van der Waals surface area contributed by atoms with Crippen LogP contribution in [0.25, 0.3) is 0 Å². The molecule has 0 radical (unpaired) electrons. The Kier molecular flexibility index (Phi) is 6.37. The lowest BCUT2D eigenvalue weighted by Crippen LogP contribution is -2.31. The second-order valence-corrected chi connectivity index (χ2v) is 8.64. The van der Waals surface area contributed by atoms with Gasteiger partial charge in [-0.2, -0.15) is 0 Å². The first kappa shape index (κ1) is 22.1. The zero-order valence-electron chi connectivity index (χ0n) is 18.2. The Labute approximate surface area is 192 Å². The topological polar surface area (TPSA) is 79.0 Å². The Morgan fingerprint density at radius 2 is 1.91 bits per heavy atom. The Balaban J connectivity index is 1.54. The lowest BCUT2D eigenvalue weighted by atomic mass is 10.0. The molecular weight excluding hydrogens is 430 g/mol. The zero-order valence-corrected chi connectivity index (χ0v) is 18.9. The minimum atomic E-state index is -0.555. The molecule has 2 aromatic carbocycles. The average Bonchev–Trinajstić information content (AvgIpc) is 3.44. The van der Waals surface area contributed by atoms with Gasteiger partial charge in [-0.3, -0.25) is 14.4 Å². The van der Waals surface area contributed by atoms with Gasteiger partial charge in [-0.05, 0) is 49.6 Å². The molecule has 1 N–H and O–H groups in total. The molecule has 3 amide bonds. The first-order valence-electron chi connectivity index (χ1n) is 10.7. The van der Waals surface area contributed by atoms with Crippen molar-refractivity contribution >= 4 is 40.7 Å². The molecule has 1 atom stereocenters. The fraction of sp³-hybridized carbons (Fsp3) is 0.375. The highest BCUT2D eigenvalue weighted by Crippen LogP contribution is 2.36. The molecule has 168 valence electrons. The molecule has 7 nitrogen and oxygen atoms in total. The standard InChI is InChI=1S/C24H26ClN3O4/c1-15-6-5-7-18(24(31)27-10-3-4-11-27)22(15)26-23(30)16-12-21(29)28(14-16)19-13-17(25)8-9-20(19)32-2/h5-9,13,16H,3-4,10-12,14H2,1-2H3,(H,26,30). The van der Waals surface area contributed by atoms with E-state index in [9.17, 15) is 14.4 Å². The molecule has 1 unspecified atom stereocenters. The van der Waals surface area contributed by atoms with Crippen LogP contribution in [0.15, 0.2) is 36.4 Å². The van der Waals surface area contributed by atoms with Crippen LogP contribution in [-0.4, -0.2) is 49.4 Å². The van der Waals surface area contributed by atoms with Crippen molar-refractivity contribution in [1.82, 2.24) is 4.90 Å². The molecule has 0 aromatic heterocycles. The number of halogens is 1. The van der Waals surface area contributed by atoms with E-state index < -0.39 is 5.92 Å². The predicted molar refractivity (Wildman–Crippen MR) is 123 cm³/mol. The van der Waals surface area contributed by atoms with Crippen LogP contribution < -0.4 is 15.0 Å². The molecular formula is C24H26ClN3O4. The van der Waals surface area contributed by atoms with Crippen molar-refractivity contribution < 1.29 is 19.1 Å². The Hall–Kier alpha value is -3.06. The van der Waals surface area contributed by atoms with Crippen LogP contribution in [0.2, 0.25) is 5.02 Å². The van der Waals surface area contributed by atoms with Crippen LogP contribution in [0.1, 0.15) is 35.2 Å². The van der Waals surface area contributed by atoms with Crippen molar-refractivity contribution in [3.8, 4) is 5.75 Å². The number of para-hydroxylation sites is 1. The van der Waals surface area contributed by atoms with Gasteiger partial charge in [0, 0.05) is 31.1 Å². The van der Waals surface area contributed by atoms with E-state index in [0.717, 1.165) is 31.5 Å². The molecule has 8 heteroatoms. The number of aryl methyl sites for hydroxylation is 1. The number of hydrogen-bond acceptors (Lipinski definition) is 4. The van der Waals surface area contributed by atoms with Crippen LogP contribution >= 0.6 is 11.6 Å². The van der Waals surface area contributed by atoms with E-state index in [1.807, 2.05) is 24.0 Å². The Morgan fingerprint density at radius 1 is 1.16 bits per heavy atom. The third-order valence-corrected chi connectivity index (χ3v) is 6.31. The second-order valence-electron chi connectivity index (χ2n) is 8.21. The first-order chi connectivity index (χ1) is 15.4. The summed E-state index contributed by atoms with van der Waals surface area (Å²) in [7, 11) is 1.52. The number of anilines is 2. The third-order valence-electron chi connectivity index (χ3n) is 6.07. The maximum atomic E-state index is 13.1. The van der Waals surface area contributed by atoms with Gasteiger partial charge in [-0.15, -0.1) is 0 Å². The monoisotopic (exact) mass is 455 g/mol. The van der Waals surface area contributed by atoms with Crippen molar-refractivity contribution in [3.05, 3.63) is 52.5 Å². The number of likely N-dealkylation sites (tertiary alicyclic amines) is 1. The normalized spacial score (nSPS) is 18.2. The number of nitrogens with zero attached hydrogens (tertiary/aromatic N) is 2. The van der Waals surface area contributed by atoms with Gasteiger partial charge < -0.3 is 19.9 Å². The summed E-state index contributed by atoms with van der Waals surface area (Å²) in [5, 5.41) is 3.41. The summed E-state index contributed by atoms with van der Waals surface area (Å²) in [4.78, 5) is 42.2. The molecule has 2 saturated heterocycles.